The number of carbonyl (C=O) groups excluding carboxylic acids is 1. The van der Waals surface area contributed by atoms with Crippen LogP contribution in [0, 0.1) is 11.8 Å². The fraction of sp³-hybridized carbons (Fsp3) is 0.857. The van der Waals surface area contributed by atoms with E-state index >= 15 is 0 Å². The highest BCUT2D eigenvalue weighted by Gasteiger charge is 2.34. The normalized spacial score (nSPS) is 31.8. The molecule has 1 saturated carbocycles. The molecule has 2 nitrogen and oxygen atoms in total. The topological polar surface area (TPSA) is 26.3 Å². The summed E-state index contributed by atoms with van der Waals surface area (Å²) in [6, 6.07) is 0. The van der Waals surface area contributed by atoms with Crippen molar-refractivity contribution in [1.29, 1.82) is 0 Å². The highest BCUT2D eigenvalue weighted by molar-refractivity contribution is 5.69. The Balaban J connectivity index is 2.12. The highest BCUT2D eigenvalue weighted by Crippen LogP contribution is 2.40. The molecule has 0 bridgehead atoms. The van der Waals surface area contributed by atoms with Crippen molar-refractivity contribution in [1.82, 2.24) is 0 Å². The summed E-state index contributed by atoms with van der Waals surface area (Å²) in [5, 5.41) is 0. The maximum absolute atomic E-state index is 10.6. The second kappa shape index (κ2) is 2.38. The molecule has 2 atom stereocenters. The van der Waals surface area contributed by atoms with Crippen LogP contribution in [0.4, 0.5) is 0 Å². The summed E-state index contributed by atoms with van der Waals surface area (Å²) in [4.78, 5) is 10.6. The van der Waals surface area contributed by atoms with Crippen LogP contribution in [0.2, 0.25) is 0 Å². The third-order valence-electron chi connectivity index (χ3n) is 1.93. The quantitative estimate of drug-likeness (QED) is 0.522. The lowest BCUT2D eigenvalue weighted by Gasteiger charge is -1.94. The Kier molecular flexibility index (Phi) is 1.74. The lowest BCUT2D eigenvalue weighted by Crippen LogP contribution is -2.00. The van der Waals surface area contributed by atoms with Crippen LogP contribution in [0.3, 0.4) is 0 Å². The number of hydrogen-bond donors (Lipinski definition) is 0. The highest BCUT2D eigenvalue weighted by atomic mass is 16.5. The van der Waals surface area contributed by atoms with Gasteiger partial charge in [-0.15, -0.1) is 0 Å². The molecule has 0 heterocycles. The van der Waals surface area contributed by atoms with E-state index in [1.165, 1.54) is 13.5 Å². The zero-order valence-corrected chi connectivity index (χ0v) is 5.89. The standard InChI is InChI=1S/C7H12O2/c1-5-3-6(5)4-7(8)9-2/h5-6H,3-4H2,1-2H3/t5-,6-/m0/s1. The van der Waals surface area contributed by atoms with E-state index in [1.54, 1.807) is 0 Å². The molecule has 0 amide bonds. The summed E-state index contributed by atoms with van der Waals surface area (Å²) in [6.45, 7) is 2.16. The summed E-state index contributed by atoms with van der Waals surface area (Å²) in [5.41, 5.74) is 0. The van der Waals surface area contributed by atoms with Crippen LogP contribution in [-0.4, -0.2) is 13.1 Å². The SMILES string of the molecule is COC(=O)C[C@@H]1C[C@@H]1C. The van der Waals surface area contributed by atoms with E-state index in [9.17, 15) is 4.79 Å². The second-order valence-electron chi connectivity index (χ2n) is 2.75. The van der Waals surface area contributed by atoms with E-state index in [0.717, 1.165) is 5.92 Å². The number of carbonyl (C=O) groups is 1. The average Bonchev–Trinajstić information content (AvgIpc) is 2.47. The Morgan fingerprint density at radius 3 is 2.67 bits per heavy atom. The van der Waals surface area contributed by atoms with Crippen LogP contribution in [-0.2, 0) is 9.53 Å². The largest absolute Gasteiger partial charge is 0.469 e. The van der Waals surface area contributed by atoms with Gasteiger partial charge >= 0.3 is 5.97 Å². The lowest BCUT2D eigenvalue weighted by atomic mass is 10.2. The van der Waals surface area contributed by atoms with Gasteiger partial charge in [-0.2, -0.15) is 0 Å². The Morgan fingerprint density at radius 2 is 2.33 bits per heavy atom. The monoisotopic (exact) mass is 128 g/mol. The molecule has 0 aromatic carbocycles. The molecule has 0 aromatic heterocycles. The van der Waals surface area contributed by atoms with E-state index in [2.05, 4.69) is 11.7 Å². The fourth-order valence-electron chi connectivity index (χ4n) is 0.981. The Labute approximate surface area is 55.2 Å². The molecule has 0 aromatic rings. The first-order valence-electron chi connectivity index (χ1n) is 3.31. The third kappa shape index (κ3) is 1.70. The van der Waals surface area contributed by atoms with Crippen LogP contribution in [0.15, 0.2) is 0 Å². The van der Waals surface area contributed by atoms with Crippen molar-refractivity contribution in [3.63, 3.8) is 0 Å². The molecule has 0 N–H and O–H groups in total. The summed E-state index contributed by atoms with van der Waals surface area (Å²) < 4.78 is 4.51. The number of ether oxygens (including phenoxy) is 1. The van der Waals surface area contributed by atoms with Crippen molar-refractivity contribution in [2.75, 3.05) is 7.11 Å². The zero-order valence-electron chi connectivity index (χ0n) is 5.89. The summed E-state index contributed by atoms with van der Waals surface area (Å²) in [7, 11) is 1.44. The Bertz CT molecular complexity index is 120. The summed E-state index contributed by atoms with van der Waals surface area (Å²) in [5.74, 6) is 1.31. The van der Waals surface area contributed by atoms with Crippen molar-refractivity contribution >= 4 is 5.97 Å². The molecule has 52 valence electrons. The van der Waals surface area contributed by atoms with Crippen molar-refractivity contribution in [2.24, 2.45) is 11.8 Å². The molecule has 0 spiro atoms. The van der Waals surface area contributed by atoms with Gasteiger partial charge in [0.2, 0.25) is 0 Å². The third-order valence-corrected chi connectivity index (χ3v) is 1.93. The first-order valence-corrected chi connectivity index (χ1v) is 3.31. The molecule has 0 unspecified atom stereocenters. The van der Waals surface area contributed by atoms with Gasteiger partial charge in [-0.1, -0.05) is 6.92 Å². The van der Waals surface area contributed by atoms with Crippen LogP contribution >= 0.6 is 0 Å². The molecule has 0 aliphatic heterocycles. The van der Waals surface area contributed by atoms with Crippen molar-refractivity contribution in [2.45, 2.75) is 19.8 Å². The molecule has 1 aliphatic rings. The number of hydrogen-bond acceptors (Lipinski definition) is 2. The Hall–Kier alpha value is -0.530. The van der Waals surface area contributed by atoms with Gasteiger partial charge < -0.3 is 4.74 Å². The minimum absolute atomic E-state index is 0.0654. The molecule has 1 fully saturated rings. The molecule has 1 aliphatic carbocycles. The van der Waals surface area contributed by atoms with Gasteiger partial charge in [-0.25, -0.2) is 0 Å². The first-order chi connectivity index (χ1) is 4.24. The first kappa shape index (κ1) is 6.59. The van der Waals surface area contributed by atoms with E-state index in [-0.39, 0.29) is 5.97 Å². The molecular weight excluding hydrogens is 116 g/mol. The van der Waals surface area contributed by atoms with E-state index in [0.29, 0.717) is 12.3 Å². The fourth-order valence-corrected chi connectivity index (χ4v) is 0.981. The number of rotatable bonds is 2. The summed E-state index contributed by atoms with van der Waals surface area (Å²) in [6.07, 6.45) is 1.83. The van der Waals surface area contributed by atoms with E-state index in [1.807, 2.05) is 0 Å². The molecule has 2 heteroatoms. The second-order valence-corrected chi connectivity index (χ2v) is 2.75. The predicted molar refractivity (Wildman–Crippen MR) is 33.9 cm³/mol. The zero-order chi connectivity index (χ0) is 6.85. The van der Waals surface area contributed by atoms with Crippen LogP contribution in [0.5, 0.6) is 0 Å². The molecular formula is C7H12O2. The van der Waals surface area contributed by atoms with Crippen LogP contribution < -0.4 is 0 Å². The predicted octanol–water partition coefficient (Wildman–Crippen LogP) is 1.21. The molecule has 0 radical (unpaired) electrons. The van der Waals surface area contributed by atoms with Crippen LogP contribution in [0.25, 0.3) is 0 Å². The number of methoxy groups -OCH3 is 1. The van der Waals surface area contributed by atoms with Gasteiger partial charge in [0.1, 0.15) is 0 Å². The van der Waals surface area contributed by atoms with E-state index < -0.39 is 0 Å². The summed E-state index contributed by atoms with van der Waals surface area (Å²) >= 11 is 0. The molecule has 1 rings (SSSR count). The maximum Gasteiger partial charge on any atom is 0.305 e. The van der Waals surface area contributed by atoms with Gasteiger partial charge in [-0.05, 0) is 18.3 Å². The smallest absolute Gasteiger partial charge is 0.305 e. The minimum Gasteiger partial charge on any atom is -0.469 e. The van der Waals surface area contributed by atoms with Crippen molar-refractivity contribution in [3.8, 4) is 0 Å². The van der Waals surface area contributed by atoms with Gasteiger partial charge in [-0.3, -0.25) is 4.79 Å². The molecule has 9 heavy (non-hydrogen) atoms. The average molecular weight is 128 g/mol. The van der Waals surface area contributed by atoms with Crippen molar-refractivity contribution in [3.05, 3.63) is 0 Å². The van der Waals surface area contributed by atoms with Gasteiger partial charge in [0, 0.05) is 6.42 Å². The number of esters is 1. The van der Waals surface area contributed by atoms with Gasteiger partial charge in [0.05, 0.1) is 7.11 Å². The van der Waals surface area contributed by atoms with Crippen LogP contribution in [0.1, 0.15) is 19.8 Å². The lowest BCUT2D eigenvalue weighted by molar-refractivity contribution is -0.141. The van der Waals surface area contributed by atoms with Crippen molar-refractivity contribution < 1.29 is 9.53 Å². The Morgan fingerprint density at radius 1 is 1.78 bits per heavy atom. The van der Waals surface area contributed by atoms with Gasteiger partial charge in [0.25, 0.3) is 0 Å². The van der Waals surface area contributed by atoms with E-state index in [4.69, 9.17) is 0 Å². The maximum atomic E-state index is 10.6. The minimum atomic E-state index is -0.0654. The molecule has 0 saturated heterocycles. The van der Waals surface area contributed by atoms with Gasteiger partial charge in [0.15, 0.2) is 0 Å².